The number of benzene rings is 2. The molecule has 4 N–H and O–H groups in total. The summed E-state index contributed by atoms with van der Waals surface area (Å²) in [5.41, 5.74) is 4.89. The van der Waals surface area contributed by atoms with E-state index in [9.17, 15) is 20.0 Å². The molecule has 3 aromatic rings. The molecular formula is C24H26N6O5S. The van der Waals surface area contributed by atoms with Crippen LogP contribution in [0, 0.1) is 10.1 Å². The maximum atomic E-state index is 11.2. The zero-order valence-corrected chi connectivity index (χ0v) is 21.2. The fourth-order valence-electron chi connectivity index (χ4n) is 3.50. The molecule has 0 bridgehead atoms. The molecule has 36 heavy (non-hydrogen) atoms. The first-order valence-electron chi connectivity index (χ1n) is 10.8. The van der Waals surface area contributed by atoms with Crippen molar-refractivity contribution in [3.63, 3.8) is 0 Å². The third-order valence-electron chi connectivity index (χ3n) is 5.40. The van der Waals surface area contributed by atoms with Crippen LogP contribution < -0.4 is 10.7 Å². The second-order valence-electron chi connectivity index (χ2n) is 9.05. The Hall–Kier alpha value is -4.32. The Balaban J connectivity index is 1.77. The Labute approximate surface area is 212 Å². The Morgan fingerprint density at radius 1 is 1.19 bits per heavy atom. The van der Waals surface area contributed by atoms with E-state index >= 15 is 0 Å². The first kappa shape index (κ1) is 26.3. The molecule has 0 amide bonds. The van der Waals surface area contributed by atoms with Crippen LogP contribution in [0.15, 0.2) is 47.6 Å². The summed E-state index contributed by atoms with van der Waals surface area (Å²) in [7, 11) is 1.72. The first-order chi connectivity index (χ1) is 16.8. The molecule has 0 fully saturated rings. The predicted molar refractivity (Wildman–Crippen MR) is 141 cm³/mol. The van der Waals surface area contributed by atoms with Gasteiger partial charge < -0.3 is 15.5 Å². The average molecular weight is 511 g/mol. The lowest BCUT2D eigenvalue weighted by molar-refractivity contribution is -0.385. The number of hydrogen-bond donors (Lipinski definition) is 4. The smallest absolute Gasteiger partial charge is 0.342 e. The molecule has 1 aromatic heterocycles. The van der Waals surface area contributed by atoms with Crippen LogP contribution in [-0.2, 0) is 12.5 Å². The van der Waals surface area contributed by atoms with Crippen molar-refractivity contribution in [2.24, 2.45) is 12.1 Å². The van der Waals surface area contributed by atoms with Gasteiger partial charge in [-0.1, -0.05) is 45.0 Å². The number of nitrogens with one attached hydrogen (secondary N) is 2. The van der Waals surface area contributed by atoms with E-state index in [2.05, 4.69) is 41.7 Å². The van der Waals surface area contributed by atoms with Gasteiger partial charge in [-0.25, -0.2) is 4.79 Å². The third kappa shape index (κ3) is 5.66. The number of nitro benzene ring substituents is 1. The van der Waals surface area contributed by atoms with Crippen LogP contribution in [0.3, 0.4) is 0 Å². The van der Waals surface area contributed by atoms with Crippen LogP contribution in [0.25, 0.3) is 11.3 Å². The summed E-state index contributed by atoms with van der Waals surface area (Å²) in [6.45, 7) is 8.01. The van der Waals surface area contributed by atoms with Gasteiger partial charge in [-0.2, -0.15) is 10.2 Å². The number of nitrogens with zero attached hydrogens (tertiary/aromatic N) is 4. The standard InChI is InChI=1S/C24H26N6O5S/c1-13(26-27-23(36)25-16-10-11-17(22(32)33)18(12-16)30(34)35)19-21(31)20(29(5)28-19)14-6-8-15(9-7-14)24(2,3)4/h6-12,31H,1-5H3,(H,32,33)(H2,25,27,36)/b26-13-. The average Bonchev–Trinajstić information content (AvgIpc) is 3.10. The normalized spacial score (nSPS) is 11.8. The summed E-state index contributed by atoms with van der Waals surface area (Å²) in [4.78, 5) is 21.5. The first-order valence-corrected chi connectivity index (χ1v) is 11.2. The molecule has 0 aliphatic heterocycles. The van der Waals surface area contributed by atoms with Crippen molar-refractivity contribution in [3.8, 4) is 17.0 Å². The second-order valence-corrected chi connectivity index (χ2v) is 9.46. The SMILES string of the molecule is C/C(=N/NC(=S)Nc1ccc(C(=O)O)c([N+](=O)[O-])c1)c1nn(C)c(-c2ccc(C(C)(C)C)cc2)c1O. The highest BCUT2D eigenvalue weighted by Gasteiger charge is 2.22. The summed E-state index contributed by atoms with van der Waals surface area (Å²) < 4.78 is 1.56. The summed E-state index contributed by atoms with van der Waals surface area (Å²) in [6, 6.07) is 11.4. The largest absolute Gasteiger partial charge is 0.504 e. The van der Waals surface area contributed by atoms with Crippen molar-refractivity contribution < 1.29 is 19.9 Å². The van der Waals surface area contributed by atoms with Crippen molar-refractivity contribution in [3.05, 3.63) is 69.4 Å². The van der Waals surface area contributed by atoms with E-state index in [-0.39, 0.29) is 27.7 Å². The molecule has 0 aliphatic rings. The van der Waals surface area contributed by atoms with E-state index in [4.69, 9.17) is 17.3 Å². The van der Waals surface area contributed by atoms with Crippen molar-refractivity contribution in [1.82, 2.24) is 15.2 Å². The quantitative estimate of drug-likeness (QED) is 0.163. The van der Waals surface area contributed by atoms with E-state index in [1.54, 1.807) is 18.7 Å². The van der Waals surface area contributed by atoms with Crippen LogP contribution in [0.1, 0.15) is 49.3 Å². The highest BCUT2D eigenvalue weighted by Crippen LogP contribution is 2.33. The van der Waals surface area contributed by atoms with Gasteiger partial charge in [-0.05, 0) is 42.3 Å². The van der Waals surface area contributed by atoms with Crippen molar-refractivity contribution in [1.29, 1.82) is 0 Å². The minimum Gasteiger partial charge on any atom is -0.504 e. The number of rotatable bonds is 6. The van der Waals surface area contributed by atoms with Crippen LogP contribution in [0.5, 0.6) is 5.75 Å². The van der Waals surface area contributed by atoms with Gasteiger partial charge in [0.2, 0.25) is 0 Å². The predicted octanol–water partition coefficient (Wildman–Crippen LogP) is 4.41. The summed E-state index contributed by atoms with van der Waals surface area (Å²) in [6.07, 6.45) is 0. The van der Waals surface area contributed by atoms with Gasteiger partial charge in [-0.3, -0.25) is 20.2 Å². The molecule has 0 aliphatic carbocycles. The van der Waals surface area contributed by atoms with Crippen molar-refractivity contribution in [2.45, 2.75) is 33.1 Å². The molecule has 3 rings (SSSR count). The number of aromatic carboxylic acids is 1. The molecule has 11 nitrogen and oxygen atoms in total. The number of aromatic hydroxyl groups is 1. The molecule has 0 atom stereocenters. The number of aromatic nitrogens is 2. The van der Waals surface area contributed by atoms with Gasteiger partial charge in [0.15, 0.2) is 16.6 Å². The molecule has 1 heterocycles. The molecule has 2 aromatic carbocycles. The van der Waals surface area contributed by atoms with E-state index in [1.165, 1.54) is 11.6 Å². The number of aryl methyl sites for hydroxylation is 1. The Kier molecular flexibility index (Phi) is 7.39. The second kappa shape index (κ2) is 10.1. The number of thiocarbonyl (C=S) groups is 1. The van der Waals surface area contributed by atoms with Crippen molar-refractivity contribution in [2.75, 3.05) is 5.32 Å². The summed E-state index contributed by atoms with van der Waals surface area (Å²) >= 11 is 5.18. The summed E-state index contributed by atoms with van der Waals surface area (Å²) in [5.74, 6) is -1.45. The molecule has 12 heteroatoms. The lowest BCUT2D eigenvalue weighted by Gasteiger charge is -2.19. The van der Waals surface area contributed by atoms with Gasteiger partial charge in [0, 0.05) is 24.4 Å². The fourth-order valence-corrected chi connectivity index (χ4v) is 3.66. The van der Waals surface area contributed by atoms with E-state index < -0.39 is 22.1 Å². The molecule has 0 saturated heterocycles. The van der Waals surface area contributed by atoms with E-state index in [0.717, 1.165) is 17.7 Å². The maximum Gasteiger partial charge on any atom is 0.342 e. The lowest BCUT2D eigenvalue weighted by atomic mass is 9.86. The third-order valence-corrected chi connectivity index (χ3v) is 5.59. The molecule has 188 valence electrons. The number of nitro groups is 1. The summed E-state index contributed by atoms with van der Waals surface area (Å²) in [5, 5.41) is 42.4. The minimum atomic E-state index is -1.41. The minimum absolute atomic E-state index is 0.000126. The van der Waals surface area contributed by atoms with E-state index in [0.29, 0.717) is 11.4 Å². The number of carbonyl (C=O) groups is 1. The zero-order valence-electron chi connectivity index (χ0n) is 20.4. The molecule has 0 saturated carbocycles. The number of hydrazone groups is 1. The number of hydrogen-bond acceptors (Lipinski definition) is 7. The zero-order chi connectivity index (χ0) is 26.8. The lowest BCUT2D eigenvalue weighted by Crippen LogP contribution is -2.25. The van der Waals surface area contributed by atoms with Crippen LogP contribution in [0.4, 0.5) is 11.4 Å². The molecule has 0 unspecified atom stereocenters. The van der Waals surface area contributed by atoms with Crippen LogP contribution >= 0.6 is 12.2 Å². The number of carboxylic acid groups (broad SMARTS) is 1. The fraction of sp³-hybridized carbons (Fsp3) is 0.250. The Bertz CT molecular complexity index is 1370. The highest BCUT2D eigenvalue weighted by atomic mass is 32.1. The van der Waals surface area contributed by atoms with Crippen LogP contribution in [0.2, 0.25) is 0 Å². The Morgan fingerprint density at radius 3 is 2.39 bits per heavy atom. The van der Waals surface area contributed by atoms with Crippen molar-refractivity contribution >= 4 is 40.4 Å². The monoisotopic (exact) mass is 510 g/mol. The molecule has 0 spiro atoms. The number of anilines is 1. The van der Waals surface area contributed by atoms with E-state index in [1.807, 2.05) is 24.3 Å². The topological polar surface area (TPSA) is 155 Å². The van der Waals surface area contributed by atoms with Gasteiger partial charge in [-0.15, -0.1) is 0 Å². The van der Waals surface area contributed by atoms with Gasteiger partial charge >= 0.3 is 5.97 Å². The van der Waals surface area contributed by atoms with Gasteiger partial charge in [0.05, 0.1) is 10.6 Å². The maximum absolute atomic E-state index is 11.2. The molecular weight excluding hydrogens is 484 g/mol. The highest BCUT2D eigenvalue weighted by molar-refractivity contribution is 7.80. The Morgan fingerprint density at radius 2 is 1.83 bits per heavy atom. The number of carboxylic acids is 1. The van der Waals surface area contributed by atoms with Crippen LogP contribution in [-0.4, -0.2) is 41.7 Å². The van der Waals surface area contributed by atoms with Gasteiger partial charge in [0.25, 0.3) is 5.69 Å². The molecule has 0 radical (unpaired) electrons. The van der Waals surface area contributed by atoms with Gasteiger partial charge in [0.1, 0.15) is 11.3 Å².